The molecule has 1 aliphatic heterocycles. The van der Waals surface area contributed by atoms with Crippen LogP contribution in [0.1, 0.15) is 33.6 Å². The Hall–Kier alpha value is -3.26. The van der Waals surface area contributed by atoms with Crippen LogP contribution in [0.2, 0.25) is 0 Å². The number of aromatic nitrogens is 2. The number of H-pyrrole nitrogens is 1. The number of aromatic amines is 1. The van der Waals surface area contributed by atoms with Crippen molar-refractivity contribution in [1.29, 1.82) is 0 Å². The van der Waals surface area contributed by atoms with Gasteiger partial charge in [0.2, 0.25) is 0 Å². The van der Waals surface area contributed by atoms with Gasteiger partial charge in [0.15, 0.2) is 5.82 Å². The largest absolute Gasteiger partial charge is 0.368 e. The number of rotatable bonds is 4. The first-order valence-corrected chi connectivity index (χ1v) is 11.1. The summed E-state index contributed by atoms with van der Waals surface area (Å²) in [6.07, 6.45) is 4.29. The maximum absolute atomic E-state index is 15.3. The summed E-state index contributed by atoms with van der Waals surface area (Å²) < 4.78 is 15.3. The lowest BCUT2D eigenvalue weighted by Crippen LogP contribution is -2.46. The lowest BCUT2D eigenvalue weighted by atomic mass is 10.0. The summed E-state index contributed by atoms with van der Waals surface area (Å²) in [6.45, 7) is 3.66. The number of carbonyl (C=O) groups excluding carboxylic acids is 1. The molecule has 0 atom stereocenters. The first-order valence-electron chi connectivity index (χ1n) is 11.1. The Bertz CT molecular complexity index is 1230. The number of carbonyl (C=O) groups is 1. The Labute approximate surface area is 185 Å². The molecule has 3 aromatic rings. The maximum atomic E-state index is 15.3. The zero-order valence-corrected chi connectivity index (χ0v) is 18.1. The van der Waals surface area contributed by atoms with E-state index in [9.17, 15) is 9.59 Å². The molecule has 1 aromatic carbocycles. The number of anilines is 1. The molecule has 1 saturated heterocycles. The molecule has 1 fully saturated rings. The van der Waals surface area contributed by atoms with Crippen LogP contribution in [0.15, 0.2) is 35.3 Å². The van der Waals surface area contributed by atoms with Crippen LogP contribution in [0.4, 0.5) is 10.1 Å². The average molecular weight is 436 g/mol. The zero-order chi connectivity index (χ0) is 22.2. The zero-order valence-electron chi connectivity index (χ0n) is 18.1. The van der Waals surface area contributed by atoms with Crippen LogP contribution in [0.25, 0.3) is 10.9 Å². The summed E-state index contributed by atoms with van der Waals surface area (Å²) in [7, 11) is 1.58. The number of pyridine rings is 2. The van der Waals surface area contributed by atoms with Gasteiger partial charge in [-0.1, -0.05) is 12.1 Å². The average Bonchev–Trinajstić information content (AvgIpc) is 3.32. The molecular formula is C24H26FN5O2. The Morgan fingerprint density at radius 1 is 1.12 bits per heavy atom. The number of nitrogens with one attached hydrogen (secondary N) is 2. The van der Waals surface area contributed by atoms with Crippen molar-refractivity contribution in [3.8, 4) is 0 Å². The van der Waals surface area contributed by atoms with Crippen LogP contribution in [-0.2, 0) is 19.4 Å². The lowest BCUT2D eigenvalue weighted by molar-refractivity contribution is 0.0958. The molecular weight excluding hydrogens is 409 g/mol. The van der Waals surface area contributed by atoms with Gasteiger partial charge >= 0.3 is 0 Å². The number of piperazine rings is 1. The van der Waals surface area contributed by atoms with Crippen molar-refractivity contribution >= 4 is 22.5 Å². The van der Waals surface area contributed by atoms with Gasteiger partial charge in [-0.3, -0.25) is 14.5 Å². The van der Waals surface area contributed by atoms with Gasteiger partial charge in [0.1, 0.15) is 5.69 Å². The van der Waals surface area contributed by atoms with E-state index in [1.165, 1.54) is 0 Å². The van der Waals surface area contributed by atoms with Crippen molar-refractivity contribution in [2.45, 2.75) is 25.8 Å². The fraction of sp³-hybridized carbons (Fsp3) is 0.375. The highest BCUT2D eigenvalue weighted by atomic mass is 19.1. The second-order valence-corrected chi connectivity index (χ2v) is 8.47. The van der Waals surface area contributed by atoms with Gasteiger partial charge in [-0.05, 0) is 37.0 Å². The number of nitrogens with zero attached hydrogens (tertiary/aromatic N) is 3. The molecule has 1 aliphatic carbocycles. The second kappa shape index (κ2) is 8.35. The lowest BCUT2D eigenvalue weighted by Gasteiger charge is -2.36. The van der Waals surface area contributed by atoms with E-state index in [4.69, 9.17) is 0 Å². The monoisotopic (exact) mass is 435 g/mol. The van der Waals surface area contributed by atoms with Crippen LogP contribution in [-0.4, -0.2) is 54.0 Å². The van der Waals surface area contributed by atoms with E-state index in [0.717, 1.165) is 67.6 Å². The quantitative estimate of drug-likeness (QED) is 0.657. The molecule has 5 rings (SSSR count). The molecule has 2 aromatic heterocycles. The van der Waals surface area contributed by atoms with Crippen LogP contribution in [0.5, 0.6) is 0 Å². The van der Waals surface area contributed by atoms with Crippen molar-refractivity contribution in [1.82, 2.24) is 20.2 Å². The van der Waals surface area contributed by atoms with Gasteiger partial charge in [-0.2, -0.15) is 0 Å². The van der Waals surface area contributed by atoms with Crippen LogP contribution >= 0.6 is 0 Å². The summed E-state index contributed by atoms with van der Waals surface area (Å²) in [6, 6.07) is 7.46. The standard InChI is InChI=1S/C24H26FN5O2/c1-26-24(32)20-8-6-16(13-27-20)30-11-9-29(10-12-30)14-15-5-7-18-17-3-2-4-19(17)23(31)28-22(18)21(15)25/h5-8,13H,2-4,9-12,14H2,1H3,(H,26,32)(H,28,31). The second-order valence-electron chi connectivity index (χ2n) is 8.47. The number of benzene rings is 1. The highest BCUT2D eigenvalue weighted by molar-refractivity contribution is 5.92. The predicted molar refractivity (Wildman–Crippen MR) is 122 cm³/mol. The van der Waals surface area contributed by atoms with Gasteiger partial charge in [-0.15, -0.1) is 0 Å². The highest BCUT2D eigenvalue weighted by Gasteiger charge is 2.23. The molecule has 32 heavy (non-hydrogen) atoms. The Balaban J connectivity index is 1.28. The van der Waals surface area contributed by atoms with Crippen molar-refractivity contribution in [2.24, 2.45) is 0 Å². The van der Waals surface area contributed by atoms with Crippen molar-refractivity contribution in [2.75, 3.05) is 38.1 Å². The van der Waals surface area contributed by atoms with Crippen LogP contribution in [0, 0.1) is 5.82 Å². The first-order chi connectivity index (χ1) is 15.5. The van der Waals surface area contributed by atoms with Gasteiger partial charge in [0.05, 0.1) is 17.4 Å². The number of halogens is 1. The number of amides is 1. The summed E-state index contributed by atoms with van der Waals surface area (Å²) in [4.78, 5) is 35.5. The SMILES string of the molecule is CNC(=O)c1ccc(N2CCN(Cc3ccc4c5c(c(=O)[nH]c4c3F)CCC5)CC2)cn1. The molecule has 3 heterocycles. The van der Waals surface area contributed by atoms with E-state index in [2.05, 4.69) is 25.1 Å². The third-order valence-electron chi connectivity index (χ3n) is 6.62. The van der Waals surface area contributed by atoms with Crippen molar-refractivity contribution in [3.63, 3.8) is 0 Å². The Kier molecular flexibility index (Phi) is 5.38. The van der Waals surface area contributed by atoms with Gasteiger partial charge in [-0.25, -0.2) is 9.37 Å². The van der Waals surface area contributed by atoms with Gasteiger partial charge < -0.3 is 15.2 Å². The van der Waals surface area contributed by atoms with Crippen molar-refractivity contribution < 1.29 is 9.18 Å². The van der Waals surface area contributed by atoms with E-state index in [1.54, 1.807) is 19.3 Å². The fourth-order valence-electron chi connectivity index (χ4n) is 4.84. The third kappa shape index (κ3) is 3.64. The fourth-order valence-corrected chi connectivity index (χ4v) is 4.84. The number of hydrogen-bond donors (Lipinski definition) is 2. The number of fused-ring (bicyclic) bond motifs is 3. The highest BCUT2D eigenvalue weighted by Crippen LogP contribution is 2.29. The summed E-state index contributed by atoms with van der Waals surface area (Å²) >= 11 is 0. The van der Waals surface area contributed by atoms with Crippen LogP contribution in [0.3, 0.4) is 0 Å². The molecule has 0 radical (unpaired) electrons. The van der Waals surface area contributed by atoms with E-state index in [-0.39, 0.29) is 17.3 Å². The third-order valence-corrected chi connectivity index (χ3v) is 6.62. The molecule has 2 aliphatic rings. The number of hydrogen-bond acceptors (Lipinski definition) is 5. The molecule has 0 saturated carbocycles. The van der Waals surface area contributed by atoms with Gasteiger partial charge in [0, 0.05) is 56.3 Å². The minimum Gasteiger partial charge on any atom is -0.368 e. The molecule has 0 spiro atoms. The van der Waals surface area contributed by atoms with Gasteiger partial charge in [0.25, 0.3) is 11.5 Å². The van der Waals surface area contributed by atoms with E-state index in [0.29, 0.717) is 23.3 Å². The molecule has 2 N–H and O–H groups in total. The molecule has 1 amide bonds. The topological polar surface area (TPSA) is 81.3 Å². The van der Waals surface area contributed by atoms with E-state index < -0.39 is 0 Å². The normalized spacial score (nSPS) is 16.4. The smallest absolute Gasteiger partial charge is 0.269 e. The number of aryl methyl sites for hydroxylation is 1. The van der Waals surface area contributed by atoms with E-state index >= 15 is 4.39 Å². The molecule has 8 heteroatoms. The molecule has 166 valence electrons. The minimum atomic E-state index is -0.314. The summed E-state index contributed by atoms with van der Waals surface area (Å²) in [5.74, 6) is -0.518. The predicted octanol–water partition coefficient (Wildman–Crippen LogP) is 2.23. The molecule has 0 unspecified atom stereocenters. The van der Waals surface area contributed by atoms with Crippen molar-refractivity contribution in [3.05, 3.63) is 69.0 Å². The maximum Gasteiger partial charge on any atom is 0.269 e. The summed E-state index contributed by atoms with van der Waals surface area (Å²) in [5, 5.41) is 3.41. The first kappa shape index (κ1) is 20.6. The van der Waals surface area contributed by atoms with Crippen LogP contribution < -0.4 is 15.8 Å². The Morgan fingerprint density at radius 3 is 2.62 bits per heavy atom. The summed E-state index contributed by atoms with van der Waals surface area (Å²) in [5.41, 5.74) is 4.00. The molecule has 0 bridgehead atoms. The van der Waals surface area contributed by atoms with E-state index in [1.807, 2.05) is 18.2 Å². The Morgan fingerprint density at radius 2 is 1.91 bits per heavy atom. The molecule has 7 nitrogen and oxygen atoms in total. The minimum absolute atomic E-state index is 0.147.